The summed E-state index contributed by atoms with van der Waals surface area (Å²) >= 11 is 39.1. The molecule has 2 unspecified atom stereocenters. The van der Waals surface area contributed by atoms with E-state index in [9.17, 15) is 19.8 Å². The maximum atomic E-state index is 11.7. The summed E-state index contributed by atoms with van der Waals surface area (Å²) in [5.41, 5.74) is 1.50. The number of hydrogen-bond acceptors (Lipinski definition) is 2. The Morgan fingerprint density at radius 1 is 1.04 bits per heavy atom. The molecule has 0 amide bonds. The summed E-state index contributed by atoms with van der Waals surface area (Å²) in [6, 6.07) is 0. The van der Waals surface area contributed by atoms with Gasteiger partial charge in [-0.25, -0.2) is 0 Å². The third-order valence-electron chi connectivity index (χ3n) is 5.19. The molecule has 0 aromatic rings. The smallest absolute Gasteiger partial charge is 0.307 e. The second-order valence-electron chi connectivity index (χ2n) is 7.10. The van der Waals surface area contributed by atoms with E-state index in [2.05, 4.69) is 0 Å². The molecule has 0 radical (unpaired) electrons. The molecule has 28 heavy (non-hydrogen) atoms. The van der Waals surface area contributed by atoms with Crippen molar-refractivity contribution in [2.75, 3.05) is 0 Å². The van der Waals surface area contributed by atoms with Crippen LogP contribution in [0.1, 0.15) is 51.4 Å². The Balaban J connectivity index is 2.82. The summed E-state index contributed by atoms with van der Waals surface area (Å²) in [7, 11) is 0. The fourth-order valence-corrected chi connectivity index (χ4v) is 5.83. The van der Waals surface area contributed by atoms with Gasteiger partial charge in [-0.05, 0) is 48.8 Å². The van der Waals surface area contributed by atoms with Crippen molar-refractivity contribution in [2.45, 2.75) is 70.3 Å². The van der Waals surface area contributed by atoms with Crippen LogP contribution in [0.25, 0.3) is 0 Å². The molecule has 2 aliphatic carbocycles. The van der Waals surface area contributed by atoms with E-state index in [4.69, 9.17) is 69.6 Å². The molecule has 0 saturated carbocycles. The predicted octanol–water partition coefficient (Wildman–Crippen LogP) is 6.46. The molecule has 0 fully saturated rings. The van der Waals surface area contributed by atoms with Crippen LogP contribution in [-0.2, 0) is 9.59 Å². The van der Waals surface area contributed by atoms with Crippen LogP contribution >= 0.6 is 69.6 Å². The van der Waals surface area contributed by atoms with E-state index < -0.39 is 43.7 Å². The van der Waals surface area contributed by atoms with Gasteiger partial charge in [-0.1, -0.05) is 58.9 Å². The molecule has 10 heteroatoms. The predicted molar refractivity (Wildman–Crippen MR) is 114 cm³/mol. The molecule has 0 aliphatic heterocycles. The van der Waals surface area contributed by atoms with Crippen molar-refractivity contribution in [1.29, 1.82) is 0 Å². The fourth-order valence-electron chi connectivity index (χ4n) is 3.76. The monoisotopic (exact) mass is 510 g/mol. The number of carboxylic acid groups (broad SMARTS) is 2. The van der Waals surface area contributed by atoms with Crippen molar-refractivity contribution < 1.29 is 19.8 Å². The summed E-state index contributed by atoms with van der Waals surface area (Å²) in [5, 5.41) is 18.0. The quantitative estimate of drug-likeness (QED) is 0.414. The normalized spacial score (nSPS) is 30.2. The first kappa shape index (κ1) is 24.4. The molecule has 0 heterocycles. The van der Waals surface area contributed by atoms with Gasteiger partial charge in [-0.3, -0.25) is 9.59 Å². The number of carboxylic acids is 2. The van der Waals surface area contributed by atoms with E-state index in [1.807, 2.05) is 6.08 Å². The zero-order chi connectivity index (χ0) is 21.3. The highest BCUT2D eigenvalue weighted by Gasteiger charge is 2.67. The topological polar surface area (TPSA) is 74.6 Å². The lowest BCUT2D eigenvalue weighted by Crippen LogP contribution is -2.57. The highest BCUT2D eigenvalue weighted by Crippen LogP contribution is 2.63. The summed E-state index contributed by atoms with van der Waals surface area (Å²) < 4.78 is -4.31. The van der Waals surface area contributed by atoms with Gasteiger partial charge in [0.2, 0.25) is 0 Å². The minimum atomic E-state index is -2.27. The number of hydrogen-bond donors (Lipinski definition) is 2. The minimum absolute atomic E-state index is 0.0677. The van der Waals surface area contributed by atoms with E-state index in [1.165, 1.54) is 0 Å². The molecule has 0 aromatic heterocycles. The number of carbonyl (C=O) groups is 2. The zero-order valence-corrected chi connectivity index (χ0v) is 19.3. The van der Waals surface area contributed by atoms with E-state index in [1.54, 1.807) is 0 Å². The van der Waals surface area contributed by atoms with E-state index in [0.717, 1.165) is 31.3 Å². The maximum absolute atomic E-state index is 11.7. The van der Waals surface area contributed by atoms with Gasteiger partial charge >= 0.3 is 11.9 Å². The molecule has 2 rings (SSSR count). The number of aliphatic carboxylic acids is 2. The van der Waals surface area contributed by atoms with Crippen LogP contribution in [0.2, 0.25) is 0 Å². The second kappa shape index (κ2) is 9.11. The van der Waals surface area contributed by atoms with Gasteiger partial charge in [0.25, 0.3) is 0 Å². The van der Waals surface area contributed by atoms with Gasteiger partial charge in [-0.2, -0.15) is 0 Å². The van der Waals surface area contributed by atoms with Crippen LogP contribution in [0.15, 0.2) is 22.8 Å². The average Bonchev–Trinajstić information content (AvgIpc) is 2.86. The van der Waals surface area contributed by atoms with Crippen molar-refractivity contribution in [3.63, 3.8) is 0 Å². The van der Waals surface area contributed by atoms with Gasteiger partial charge < -0.3 is 10.2 Å². The molecule has 158 valence electrons. The summed E-state index contributed by atoms with van der Waals surface area (Å²) in [5.74, 6) is -2.53. The maximum Gasteiger partial charge on any atom is 0.307 e. The molecule has 0 spiro atoms. The molecular formula is C18H20Cl6O4. The van der Waals surface area contributed by atoms with E-state index in [0.29, 0.717) is 12.0 Å². The van der Waals surface area contributed by atoms with Gasteiger partial charge in [0, 0.05) is 0 Å². The van der Waals surface area contributed by atoms with Crippen LogP contribution in [-0.4, -0.2) is 41.1 Å². The first-order chi connectivity index (χ1) is 12.8. The zero-order valence-electron chi connectivity index (χ0n) is 14.8. The lowest BCUT2D eigenvalue weighted by molar-refractivity contribution is -0.139. The second-order valence-corrected chi connectivity index (χ2v) is 11.0. The van der Waals surface area contributed by atoms with Crippen LogP contribution < -0.4 is 0 Å². The number of rotatable bonds is 5. The molecule has 2 aliphatic rings. The van der Waals surface area contributed by atoms with Crippen molar-refractivity contribution in [3.8, 4) is 0 Å². The van der Waals surface area contributed by atoms with Crippen molar-refractivity contribution >= 4 is 81.5 Å². The Morgan fingerprint density at radius 2 is 1.68 bits per heavy atom. The summed E-state index contributed by atoms with van der Waals surface area (Å²) in [4.78, 5) is 21.2. The summed E-state index contributed by atoms with van der Waals surface area (Å²) in [6.07, 6.45) is 5.15. The third kappa shape index (κ3) is 4.58. The van der Waals surface area contributed by atoms with Crippen LogP contribution in [0.4, 0.5) is 0 Å². The Bertz CT molecular complexity index is 715. The van der Waals surface area contributed by atoms with Crippen molar-refractivity contribution in [1.82, 2.24) is 0 Å². The van der Waals surface area contributed by atoms with Crippen LogP contribution in [0, 0.1) is 0 Å². The Hall–Kier alpha value is 0.160. The first-order valence-corrected chi connectivity index (χ1v) is 11.1. The average molecular weight is 513 g/mol. The SMILES string of the molecule is O=C(O)CC1=C(C2=CCCCCC2)CC(Cl)C(Cl)(Cl)C(Cl)(Cl)C1(Cl)CC(=O)O. The third-order valence-corrected chi connectivity index (χ3v) is 9.45. The van der Waals surface area contributed by atoms with Gasteiger partial charge in [0.1, 0.15) is 4.87 Å². The Labute approximate surface area is 193 Å². The highest BCUT2D eigenvalue weighted by atomic mass is 35.5. The van der Waals surface area contributed by atoms with E-state index >= 15 is 0 Å². The van der Waals surface area contributed by atoms with Crippen molar-refractivity contribution in [3.05, 3.63) is 22.8 Å². The van der Waals surface area contributed by atoms with Crippen LogP contribution in [0.5, 0.6) is 0 Å². The molecular weight excluding hydrogens is 493 g/mol. The van der Waals surface area contributed by atoms with Crippen LogP contribution in [0.3, 0.4) is 0 Å². The standard InChI is InChI=1S/C18H20Cl6O4/c19-13-7-11(10-5-3-1-2-4-6-10)12(8-14(25)26)16(20,9-15(27)28)18(23,24)17(13,21)22/h5,13H,1-4,6-9H2,(H,25,26)(H,27,28). The van der Waals surface area contributed by atoms with Gasteiger partial charge in [-0.15, -0.1) is 23.2 Å². The Kier molecular flexibility index (Phi) is 7.95. The van der Waals surface area contributed by atoms with Gasteiger partial charge in [0.05, 0.1) is 18.2 Å². The number of alkyl halides is 6. The number of halogens is 6. The van der Waals surface area contributed by atoms with Crippen molar-refractivity contribution in [2.24, 2.45) is 0 Å². The summed E-state index contributed by atoms with van der Waals surface area (Å²) in [6.45, 7) is 0. The fraction of sp³-hybridized carbons (Fsp3) is 0.667. The lowest BCUT2D eigenvalue weighted by Gasteiger charge is -2.44. The highest BCUT2D eigenvalue weighted by molar-refractivity contribution is 6.67. The lowest BCUT2D eigenvalue weighted by atomic mass is 9.82. The first-order valence-electron chi connectivity index (χ1n) is 8.78. The number of allylic oxidation sites excluding steroid dienone is 3. The molecule has 2 N–H and O–H groups in total. The molecule has 0 aromatic carbocycles. The molecule has 2 atom stereocenters. The van der Waals surface area contributed by atoms with E-state index in [-0.39, 0.29) is 12.0 Å². The molecule has 4 nitrogen and oxygen atoms in total. The molecule has 0 saturated heterocycles. The van der Waals surface area contributed by atoms with Gasteiger partial charge in [0.15, 0.2) is 8.67 Å². The molecule has 0 bridgehead atoms. The minimum Gasteiger partial charge on any atom is -0.481 e. The Morgan fingerprint density at radius 3 is 2.25 bits per heavy atom. The largest absolute Gasteiger partial charge is 0.481 e.